The van der Waals surface area contributed by atoms with E-state index < -0.39 is 6.10 Å². The van der Waals surface area contributed by atoms with Crippen molar-refractivity contribution in [2.45, 2.75) is 245 Å². The summed E-state index contributed by atoms with van der Waals surface area (Å²) in [5, 5.41) is 0. The number of hydrogen-bond donors (Lipinski definition) is 0. The van der Waals surface area contributed by atoms with Gasteiger partial charge in [-0.2, -0.15) is 0 Å². The van der Waals surface area contributed by atoms with Gasteiger partial charge in [-0.15, -0.1) is 0 Å². The monoisotopic (exact) mass is 955 g/mol. The number of unbranched alkanes of at least 4 members (excludes halogenated alkanes) is 18. The van der Waals surface area contributed by atoms with Gasteiger partial charge in [0.25, 0.3) is 0 Å². The van der Waals surface area contributed by atoms with Crippen LogP contribution in [-0.2, 0) is 28.6 Å². The second kappa shape index (κ2) is 56.4. The zero-order chi connectivity index (χ0) is 50.0. The fourth-order valence-electron chi connectivity index (χ4n) is 7.30. The van der Waals surface area contributed by atoms with Gasteiger partial charge in [0, 0.05) is 19.3 Å². The number of rotatable bonds is 49. The van der Waals surface area contributed by atoms with Crippen molar-refractivity contribution in [1.29, 1.82) is 0 Å². The van der Waals surface area contributed by atoms with Crippen LogP contribution in [-0.4, -0.2) is 37.2 Å². The Kier molecular flexibility index (Phi) is 53.0. The summed E-state index contributed by atoms with van der Waals surface area (Å²) >= 11 is 0. The van der Waals surface area contributed by atoms with E-state index in [1.54, 1.807) is 0 Å². The summed E-state index contributed by atoms with van der Waals surface area (Å²) in [6, 6.07) is 0. The van der Waals surface area contributed by atoms with Crippen LogP contribution < -0.4 is 0 Å². The van der Waals surface area contributed by atoms with Gasteiger partial charge >= 0.3 is 17.9 Å². The van der Waals surface area contributed by atoms with Gasteiger partial charge in [0.2, 0.25) is 0 Å². The molecule has 0 saturated carbocycles. The van der Waals surface area contributed by atoms with Crippen LogP contribution in [0.1, 0.15) is 239 Å². The SMILES string of the molecule is CC/C=C\C/C=C\C/C=C\C/C=C\C/C=C\C/C=C\CCC(=O)OCC(COC(=O)CCCCCC/C=C\C/C=C\C/C=C\CC)OC(=O)CCCCCCC/C=C\CCCCCCCCCCC. The number of carbonyl (C=O) groups excluding carboxylic acids is 3. The van der Waals surface area contributed by atoms with E-state index in [9.17, 15) is 14.4 Å². The molecule has 0 amide bonds. The molecular weight excluding hydrogens is 853 g/mol. The summed E-state index contributed by atoms with van der Waals surface area (Å²) < 4.78 is 16.8. The van der Waals surface area contributed by atoms with Gasteiger partial charge in [0.1, 0.15) is 13.2 Å². The number of esters is 3. The Hall–Kier alpha value is -4.19. The van der Waals surface area contributed by atoms with Crippen LogP contribution in [0.5, 0.6) is 0 Å². The molecule has 0 aromatic rings. The Morgan fingerprint density at radius 2 is 0.594 bits per heavy atom. The molecule has 69 heavy (non-hydrogen) atoms. The number of hydrogen-bond acceptors (Lipinski definition) is 6. The van der Waals surface area contributed by atoms with E-state index in [-0.39, 0.29) is 37.5 Å². The van der Waals surface area contributed by atoms with Gasteiger partial charge in [-0.05, 0) is 116 Å². The molecule has 1 unspecified atom stereocenters. The maximum atomic E-state index is 12.8. The summed E-state index contributed by atoms with van der Waals surface area (Å²) in [6.45, 7) is 6.32. The number of carbonyl (C=O) groups is 3. The molecule has 0 aromatic heterocycles. The smallest absolute Gasteiger partial charge is 0.306 e. The van der Waals surface area contributed by atoms with Crippen LogP contribution in [0.4, 0.5) is 0 Å². The van der Waals surface area contributed by atoms with Gasteiger partial charge < -0.3 is 14.2 Å². The lowest BCUT2D eigenvalue weighted by molar-refractivity contribution is -0.166. The topological polar surface area (TPSA) is 78.9 Å². The van der Waals surface area contributed by atoms with Gasteiger partial charge in [-0.1, -0.05) is 226 Å². The molecule has 390 valence electrons. The van der Waals surface area contributed by atoms with Crippen LogP contribution in [0.25, 0.3) is 0 Å². The van der Waals surface area contributed by atoms with Crippen molar-refractivity contribution in [3.63, 3.8) is 0 Å². The predicted molar refractivity (Wildman–Crippen MR) is 297 cm³/mol. The zero-order valence-corrected chi connectivity index (χ0v) is 44.5. The van der Waals surface area contributed by atoms with E-state index in [4.69, 9.17) is 14.2 Å². The number of allylic oxidation sites excluding steroid dienone is 20. The molecule has 0 fully saturated rings. The standard InChI is InChI=1S/C63H102O6/c1-4-7-10-13-16-19-22-25-28-30-32-34-35-38-41-44-47-50-53-56-62(65)68-59-60(58-67-61(64)55-52-49-46-43-40-37-27-24-21-18-15-12-9-6-3)69-63(66)57-54-51-48-45-42-39-36-33-31-29-26-23-20-17-14-11-8-5-2/h7,9-10,12,16,18-19,21,25,27-28,32-34,36-38,41,47,50,60H,4-6,8,11,13-15,17,20,22-24,26,29-31,35,39-40,42-46,48-49,51-59H2,1-3H3/b10-7-,12-9-,19-16-,21-18-,28-25-,34-32-,36-33-,37-27-,41-38-,50-47-. The summed E-state index contributed by atoms with van der Waals surface area (Å²) in [6.07, 6.45) is 77.7. The Balaban J connectivity index is 4.55. The summed E-state index contributed by atoms with van der Waals surface area (Å²) in [7, 11) is 0. The minimum Gasteiger partial charge on any atom is -0.462 e. The number of ether oxygens (including phenoxy) is 3. The van der Waals surface area contributed by atoms with E-state index in [0.29, 0.717) is 19.3 Å². The predicted octanol–water partition coefficient (Wildman–Crippen LogP) is 18.9. The average molecular weight is 956 g/mol. The summed E-state index contributed by atoms with van der Waals surface area (Å²) in [5.41, 5.74) is 0. The van der Waals surface area contributed by atoms with Crippen molar-refractivity contribution in [2.75, 3.05) is 13.2 Å². The van der Waals surface area contributed by atoms with Crippen molar-refractivity contribution < 1.29 is 28.6 Å². The third kappa shape index (κ3) is 54.6. The van der Waals surface area contributed by atoms with Crippen LogP contribution in [0.3, 0.4) is 0 Å². The fraction of sp³-hybridized carbons (Fsp3) is 0.635. The molecule has 0 aliphatic rings. The second-order valence-corrected chi connectivity index (χ2v) is 18.1. The van der Waals surface area contributed by atoms with E-state index in [1.165, 1.54) is 70.6 Å². The fourth-order valence-corrected chi connectivity index (χ4v) is 7.30. The van der Waals surface area contributed by atoms with E-state index in [2.05, 4.69) is 130 Å². The van der Waals surface area contributed by atoms with E-state index in [0.717, 1.165) is 122 Å². The Morgan fingerprint density at radius 3 is 0.986 bits per heavy atom. The third-order valence-electron chi connectivity index (χ3n) is 11.4. The zero-order valence-electron chi connectivity index (χ0n) is 44.5. The molecule has 6 heteroatoms. The van der Waals surface area contributed by atoms with Gasteiger partial charge in [0.15, 0.2) is 6.10 Å². The van der Waals surface area contributed by atoms with Crippen LogP contribution >= 0.6 is 0 Å². The molecule has 0 rings (SSSR count). The first-order chi connectivity index (χ1) is 34.0. The Morgan fingerprint density at radius 1 is 0.304 bits per heavy atom. The highest BCUT2D eigenvalue weighted by molar-refractivity contribution is 5.71. The average Bonchev–Trinajstić information content (AvgIpc) is 3.35. The second-order valence-electron chi connectivity index (χ2n) is 18.1. The first-order valence-electron chi connectivity index (χ1n) is 28.0. The van der Waals surface area contributed by atoms with Gasteiger partial charge in [-0.25, -0.2) is 0 Å². The van der Waals surface area contributed by atoms with Crippen molar-refractivity contribution in [3.05, 3.63) is 122 Å². The highest BCUT2D eigenvalue weighted by atomic mass is 16.6. The maximum Gasteiger partial charge on any atom is 0.306 e. The molecule has 0 saturated heterocycles. The largest absolute Gasteiger partial charge is 0.462 e. The molecule has 0 bridgehead atoms. The Bertz CT molecular complexity index is 1470. The highest BCUT2D eigenvalue weighted by Crippen LogP contribution is 2.13. The molecule has 0 aliphatic heterocycles. The normalized spacial score (nSPS) is 13.0. The van der Waals surface area contributed by atoms with E-state index >= 15 is 0 Å². The first-order valence-corrected chi connectivity index (χ1v) is 28.0. The van der Waals surface area contributed by atoms with Crippen LogP contribution in [0.2, 0.25) is 0 Å². The van der Waals surface area contributed by atoms with Crippen molar-refractivity contribution in [1.82, 2.24) is 0 Å². The molecular formula is C63H102O6. The quantitative estimate of drug-likeness (QED) is 0.0262. The van der Waals surface area contributed by atoms with Crippen LogP contribution in [0.15, 0.2) is 122 Å². The van der Waals surface area contributed by atoms with Crippen molar-refractivity contribution >= 4 is 17.9 Å². The first kappa shape index (κ1) is 64.8. The third-order valence-corrected chi connectivity index (χ3v) is 11.4. The lowest BCUT2D eigenvalue weighted by atomic mass is 10.1. The van der Waals surface area contributed by atoms with Gasteiger partial charge in [-0.3, -0.25) is 14.4 Å². The summed E-state index contributed by atoms with van der Waals surface area (Å²) in [5.74, 6) is -1.04. The lowest BCUT2D eigenvalue weighted by Gasteiger charge is -2.18. The maximum absolute atomic E-state index is 12.8. The van der Waals surface area contributed by atoms with Gasteiger partial charge in [0.05, 0.1) is 0 Å². The van der Waals surface area contributed by atoms with Crippen molar-refractivity contribution in [2.24, 2.45) is 0 Å². The lowest BCUT2D eigenvalue weighted by Crippen LogP contribution is -2.30. The van der Waals surface area contributed by atoms with Crippen LogP contribution in [0, 0.1) is 0 Å². The minimum absolute atomic E-state index is 0.119. The molecule has 0 aromatic carbocycles. The molecule has 0 spiro atoms. The molecule has 0 heterocycles. The molecule has 0 aliphatic carbocycles. The highest BCUT2D eigenvalue weighted by Gasteiger charge is 2.19. The molecule has 1 atom stereocenters. The molecule has 0 N–H and O–H groups in total. The van der Waals surface area contributed by atoms with E-state index in [1.807, 2.05) is 12.2 Å². The molecule has 0 radical (unpaired) electrons. The minimum atomic E-state index is -0.826. The Labute approximate surface area is 424 Å². The van der Waals surface area contributed by atoms with Crippen molar-refractivity contribution in [3.8, 4) is 0 Å². The molecule has 6 nitrogen and oxygen atoms in total. The summed E-state index contributed by atoms with van der Waals surface area (Å²) in [4.78, 5) is 38.1.